The van der Waals surface area contributed by atoms with Crippen molar-refractivity contribution in [2.45, 2.75) is 31.7 Å². The van der Waals surface area contributed by atoms with Gasteiger partial charge in [0.25, 0.3) is 0 Å². The van der Waals surface area contributed by atoms with E-state index >= 15 is 0 Å². The lowest BCUT2D eigenvalue weighted by atomic mass is 9.96. The molecule has 4 aromatic rings. The van der Waals surface area contributed by atoms with Gasteiger partial charge in [0.05, 0.1) is 31.0 Å². The van der Waals surface area contributed by atoms with Gasteiger partial charge in [-0.25, -0.2) is 4.79 Å². The van der Waals surface area contributed by atoms with Gasteiger partial charge in [0, 0.05) is 27.6 Å². The van der Waals surface area contributed by atoms with E-state index in [0.717, 1.165) is 51.8 Å². The molecule has 1 aliphatic carbocycles. The second-order valence-electron chi connectivity index (χ2n) is 9.06. The van der Waals surface area contributed by atoms with Gasteiger partial charge in [-0.3, -0.25) is 0 Å². The number of para-hydroxylation sites is 1. The number of rotatable bonds is 5. The number of nitrogens with zero attached hydrogens (tertiary/aromatic N) is 2. The quantitative estimate of drug-likeness (QED) is 0.468. The fraction of sp³-hybridized carbons (Fsp3) is 0.320. The zero-order valence-corrected chi connectivity index (χ0v) is 17.9. The fourth-order valence-corrected chi connectivity index (χ4v) is 5.20. The summed E-state index contributed by atoms with van der Waals surface area (Å²) in [4.78, 5) is 11.6. The van der Waals surface area contributed by atoms with Crippen molar-refractivity contribution in [3.8, 4) is 0 Å². The normalized spacial score (nSPS) is 22.8. The van der Waals surface area contributed by atoms with Crippen molar-refractivity contribution in [3.05, 3.63) is 64.8 Å². The summed E-state index contributed by atoms with van der Waals surface area (Å²) in [6.07, 6.45) is 2.93. The third kappa shape index (κ3) is 2.74. The minimum Gasteiger partial charge on any atom is -0.478 e. The lowest BCUT2D eigenvalue weighted by Crippen LogP contribution is -2.12. The number of ether oxygens (including phenoxy) is 1. The lowest BCUT2D eigenvalue weighted by Gasteiger charge is -2.18. The highest BCUT2D eigenvalue weighted by Crippen LogP contribution is 2.59. The molecular formula is C25H23N3O4. The molecule has 7 nitrogen and oxygen atoms in total. The van der Waals surface area contributed by atoms with E-state index in [2.05, 4.69) is 27.6 Å². The van der Waals surface area contributed by atoms with Crippen molar-refractivity contribution in [1.29, 1.82) is 0 Å². The number of hydrogen-bond acceptors (Lipinski definition) is 6. The largest absolute Gasteiger partial charge is 0.478 e. The maximum atomic E-state index is 11.6. The number of fused-ring (bicyclic) bond motifs is 4. The van der Waals surface area contributed by atoms with Gasteiger partial charge in [-0.1, -0.05) is 18.2 Å². The van der Waals surface area contributed by atoms with E-state index in [1.54, 1.807) is 18.2 Å². The molecule has 0 radical (unpaired) electrons. The zero-order valence-electron chi connectivity index (χ0n) is 17.9. The Hall–Kier alpha value is -3.45. The van der Waals surface area contributed by atoms with Crippen LogP contribution in [-0.4, -0.2) is 34.5 Å². The predicted molar refractivity (Wildman–Crippen MR) is 120 cm³/mol. The first-order valence-corrected chi connectivity index (χ1v) is 10.8. The molecule has 2 unspecified atom stereocenters. The van der Waals surface area contributed by atoms with Gasteiger partial charge in [-0.2, -0.15) is 5.10 Å². The second-order valence-corrected chi connectivity index (χ2v) is 9.06. The molecule has 7 heteroatoms. The van der Waals surface area contributed by atoms with E-state index in [1.807, 2.05) is 26.1 Å². The first kappa shape index (κ1) is 19.3. The fourth-order valence-electron chi connectivity index (χ4n) is 5.20. The summed E-state index contributed by atoms with van der Waals surface area (Å²) < 4.78 is 12.2. The Balaban J connectivity index is 1.49. The number of hydrogen-bond donors (Lipinski definition) is 2. The summed E-state index contributed by atoms with van der Waals surface area (Å²) in [5.41, 5.74) is 6.24. The highest BCUT2D eigenvalue weighted by atomic mass is 16.5. The van der Waals surface area contributed by atoms with E-state index < -0.39 is 5.97 Å². The molecule has 32 heavy (non-hydrogen) atoms. The predicted octanol–water partition coefficient (Wildman–Crippen LogP) is 4.84. The van der Waals surface area contributed by atoms with Gasteiger partial charge in [0.1, 0.15) is 11.1 Å². The van der Waals surface area contributed by atoms with Crippen molar-refractivity contribution < 1.29 is 19.1 Å². The van der Waals surface area contributed by atoms with Gasteiger partial charge < -0.3 is 19.6 Å². The Labute approximate surface area is 184 Å². The molecule has 0 bridgehead atoms. The van der Waals surface area contributed by atoms with Crippen LogP contribution in [0.5, 0.6) is 0 Å². The minimum atomic E-state index is -0.963. The van der Waals surface area contributed by atoms with Crippen LogP contribution in [0.2, 0.25) is 0 Å². The number of aromatic carboxylic acids is 1. The average molecular weight is 429 g/mol. The summed E-state index contributed by atoms with van der Waals surface area (Å²) in [5, 5.41) is 22.6. The number of anilines is 1. The second kappa shape index (κ2) is 6.77. The summed E-state index contributed by atoms with van der Waals surface area (Å²) in [7, 11) is 0. The van der Waals surface area contributed by atoms with Gasteiger partial charge in [0.2, 0.25) is 0 Å². The number of furan rings is 1. The molecule has 162 valence electrons. The van der Waals surface area contributed by atoms with Crippen LogP contribution in [0.15, 0.2) is 47.0 Å². The number of benzene rings is 2. The molecule has 1 saturated carbocycles. The van der Waals surface area contributed by atoms with Crippen LogP contribution in [0, 0.1) is 12.8 Å². The molecule has 3 heterocycles. The van der Waals surface area contributed by atoms with Crippen LogP contribution >= 0.6 is 0 Å². The topological polar surface area (TPSA) is 97.5 Å². The number of carboxylic acids is 1. The molecular weight excluding hydrogens is 406 g/mol. The number of aryl methyl sites for hydroxylation is 1. The van der Waals surface area contributed by atoms with E-state index in [0.29, 0.717) is 18.2 Å². The Morgan fingerprint density at radius 3 is 2.88 bits per heavy atom. The van der Waals surface area contributed by atoms with Crippen molar-refractivity contribution >= 4 is 33.7 Å². The third-order valence-electron chi connectivity index (χ3n) is 6.97. The lowest BCUT2D eigenvalue weighted by molar-refractivity contribution is 0.0698. The van der Waals surface area contributed by atoms with Gasteiger partial charge in [0.15, 0.2) is 5.58 Å². The molecule has 3 atom stereocenters. The molecule has 2 aromatic carbocycles. The van der Waals surface area contributed by atoms with Crippen LogP contribution < -0.4 is 5.32 Å². The third-order valence-corrected chi connectivity index (χ3v) is 6.97. The average Bonchev–Trinajstić information content (AvgIpc) is 3.13. The summed E-state index contributed by atoms with van der Waals surface area (Å²) >= 11 is 0. The molecule has 2 aromatic heterocycles. The summed E-state index contributed by atoms with van der Waals surface area (Å²) in [6, 6.07) is 10.9. The molecule has 1 aliphatic heterocycles. The van der Waals surface area contributed by atoms with Crippen LogP contribution in [0.3, 0.4) is 0 Å². The SMILES string of the molecule is Cc1cc([C@@H](C)Nc2ccccc2C(=O)O)c2oc3c(C45COCC4C5)cnnc3c2c1. The molecule has 2 aliphatic rings. The molecule has 2 fully saturated rings. The van der Waals surface area contributed by atoms with Crippen molar-refractivity contribution in [3.63, 3.8) is 0 Å². The standard InChI is InChI=1S/C25H23N3O4/c1-13-7-17(14(2)27-20-6-4-3-5-16(20)24(29)30)22-18(8-13)21-23(32-22)19(10-26-28-21)25-9-15(25)11-31-12-25/h3-8,10,14-15,27H,9,11-12H2,1-2H3,(H,29,30)/t14-,15?,25?/m1/s1. The van der Waals surface area contributed by atoms with E-state index in [9.17, 15) is 9.90 Å². The highest BCUT2D eigenvalue weighted by molar-refractivity contribution is 6.05. The monoisotopic (exact) mass is 429 g/mol. The molecule has 1 saturated heterocycles. The highest BCUT2D eigenvalue weighted by Gasteiger charge is 2.60. The van der Waals surface area contributed by atoms with Gasteiger partial charge >= 0.3 is 5.97 Å². The van der Waals surface area contributed by atoms with Crippen LogP contribution in [-0.2, 0) is 10.2 Å². The first-order valence-electron chi connectivity index (χ1n) is 10.8. The van der Waals surface area contributed by atoms with Crippen molar-refractivity contribution in [1.82, 2.24) is 10.2 Å². The molecule has 0 amide bonds. The van der Waals surface area contributed by atoms with Crippen LogP contribution in [0.25, 0.3) is 22.1 Å². The Bertz CT molecular complexity index is 1390. The van der Waals surface area contributed by atoms with Crippen LogP contribution in [0.1, 0.15) is 46.4 Å². The molecule has 0 spiro atoms. The minimum absolute atomic E-state index is 0.00156. The Morgan fingerprint density at radius 2 is 2.12 bits per heavy atom. The first-order chi connectivity index (χ1) is 15.5. The summed E-state index contributed by atoms with van der Waals surface area (Å²) in [5.74, 6) is -0.437. The Kier molecular flexibility index (Phi) is 4.07. The maximum absolute atomic E-state index is 11.6. The molecule has 6 rings (SSSR count). The Morgan fingerprint density at radius 1 is 1.28 bits per heavy atom. The van der Waals surface area contributed by atoms with E-state index in [-0.39, 0.29) is 17.0 Å². The van der Waals surface area contributed by atoms with Crippen LogP contribution in [0.4, 0.5) is 5.69 Å². The smallest absolute Gasteiger partial charge is 0.337 e. The van der Waals surface area contributed by atoms with Gasteiger partial charge in [-0.05, 0) is 49.9 Å². The van der Waals surface area contributed by atoms with Crippen molar-refractivity contribution in [2.75, 3.05) is 18.5 Å². The van der Waals surface area contributed by atoms with E-state index in [1.165, 1.54) is 0 Å². The number of nitrogens with one attached hydrogen (secondary N) is 1. The maximum Gasteiger partial charge on any atom is 0.337 e. The van der Waals surface area contributed by atoms with Crippen molar-refractivity contribution in [2.24, 2.45) is 5.92 Å². The molecule has 2 N–H and O–H groups in total. The van der Waals surface area contributed by atoms with E-state index in [4.69, 9.17) is 9.15 Å². The number of carboxylic acid groups (broad SMARTS) is 1. The number of carbonyl (C=O) groups is 1. The zero-order chi connectivity index (χ0) is 22.0. The van der Waals surface area contributed by atoms with Gasteiger partial charge in [-0.15, -0.1) is 5.10 Å². The number of aromatic nitrogens is 2. The summed E-state index contributed by atoms with van der Waals surface area (Å²) in [6.45, 7) is 5.54.